The highest BCUT2D eigenvalue weighted by atomic mass is 19.1. The maximum absolute atomic E-state index is 14.5. The number of alkyl halides is 1. The van der Waals surface area contributed by atoms with Crippen LogP contribution in [-0.2, 0) is 18.1 Å². The Bertz CT molecular complexity index is 1100. The van der Waals surface area contributed by atoms with Crippen LogP contribution in [0.2, 0.25) is 0 Å². The summed E-state index contributed by atoms with van der Waals surface area (Å²) in [4.78, 5) is 29.8. The van der Waals surface area contributed by atoms with Gasteiger partial charge >= 0.3 is 5.69 Å². The summed E-state index contributed by atoms with van der Waals surface area (Å²) in [5, 5.41) is 0. The topological polar surface area (TPSA) is 60.1 Å². The highest BCUT2D eigenvalue weighted by molar-refractivity contribution is 5.82. The number of pyridine rings is 1. The van der Waals surface area contributed by atoms with Crippen molar-refractivity contribution in [2.24, 2.45) is 0 Å². The van der Waals surface area contributed by atoms with Crippen LogP contribution in [0.3, 0.4) is 0 Å². The van der Waals surface area contributed by atoms with Gasteiger partial charge in [0.15, 0.2) is 12.4 Å². The lowest BCUT2D eigenvalue weighted by molar-refractivity contribution is -0.129. The van der Waals surface area contributed by atoms with E-state index in [4.69, 9.17) is 0 Å². The lowest BCUT2D eigenvalue weighted by atomic mass is 10.0. The number of fused-ring (bicyclic) bond motifs is 1. The van der Waals surface area contributed by atoms with Crippen LogP contribution in [0.5, 0.6) is 0 Å². The van der Waals surface area contributed by atoms with E-state index in [1.807, 2.05) is 0 Å². The number of aromatic nitrogens is 3. The first kappa shape index (κ1) is 18.7. The lowest BCUT2D eigenvalue weighted by Gasteiger charge is -2.11. The fraction of sp³-hybridized carbons (Fsp3) is 0.278. The molecule has 0 saturated heterocycles. The number of rotatable bonds is 4. The molecule has 6 nitrogen and oxygen atoms in total. The van der Waals surface area contributed by atoms with Crippen molar-refractivity contribution in [1.29, 1.82) is 0 Å². The van der Waals surface area contributed by atoms with E-state index in [0.717, 1.165) is 15.2 Å². The molecule has 0 N–H and O–H groups in total. The van der Waals surface area contributed by atoms with Gasteiger partial charge in [-0.1, -0.05) is 0 Å². The molecule has 3 aromatic rings. The first-order chi connectivity index (χ1) is 12.8. The van der Waals surface area contributed by atoms with E-state index in [9.17, 15) is 22.8 Å². The van der Waals surface area contributed by atoms with E-state index in [2.05, 4.69) is 4.98 Å². The molecule has 0 fully saturated rings. The molecule has 0 aliphatic rings. The zero-order valence-electron chi connectivity index (χ0n) is 15.0. The standard InChI is InChI=1S/C18H17F3N4O2/c1-10-13(20)5-4-12(16(10)21)11-6-14-17(22-7-11)25(9-19)18(27)24(14)8-15(26)23(2)3/h4-7H,8-9H2,1-3H3. The molecule has 27 heavy (non-hydrogen) atoms. The molecule has 2 heterocycles. The summed E-state index contributed by atoms with van der Waals surface area (Å²) in [7, 11) is 3.06. The van der Waals surface area contributed by atoms with Gasteiger partial charge in [-0.2, -0.15) is 0 Å². The van der Waals surface area contributed by atoms with Crippen molar-refractivity contribution < 1.29 is 18.0 Å². The molecule has 1 amide bonds. The van der Waals surface area contributed by atoms with E-state index in [0.29, 0.717) is 0 Å². The van der Waals surface area contributed by atoms with Crippen LogP contribution in [0, 0.1) is 18.6 Å². The Morgan fingerprint density at radius 2 is 1.93 bits per heavy atom. The zero-order valence-corrected chi connectivity index (χ0v) is 15.0. The Labute approximate surface area is 152 Å². The normalized spacial score (nSPS) is 11.2. The Kier molecular flexibility index (Phi) is 4.77. The first-order valence-electron chi connectivity index (χ1n) is 8.06. The van der Waals surface area contributed by atoms with Gasteiger partial charge < -0.3 is 4.90 Å². The number of carbonyl (C=O) groups excluding carboxylic acids is 1. The summed E-state index contributed by atoms with van der Waals surface area (Å²) in [5.74, 6) is -1.80. The average Bonchev–Trinajstić information content (AvgIpc) is 2.90. The monoisotopic (exact) mass is 378 g/mol. The summed E-state index contributed by atoms with van der Waals surface area (Å²) >= 11 is 0. The third-order valence-electron chi connectivity index (χ3n) is 4.40. The van der Waals surface area contributed by atoms with E-state index in [-0.39, 0.29) is 40.3 Å². The summed E-state index contributed by atoms with van der Waals surface area (Å²) in [6.07, 6.45) is 1.28. The van der Waals surface area contributed by atoms with Gasteiger partial charge in [-0.15, -0.1) is 0 Å². The molecule has 0 aliphatic carbocycles. The predicted molar refractivity (Wildman–Crippen MR) is 93.9 cm³/mol. The van der Waals surface area contributed by atoms with Gasteiger partial charge in [0.1, 0.15) is 18.2 Å². The smallest absolute Gasteiger partial charge is 0.332 e. The molecule has 0 radical (unpaired) electrons. The number of hydrogen-bond acceptors (Lipinski definition) is 3. The summed E-state index contributed by atoms with van der Waals surface area (Å²) in [6.45, 7) is -0.119. The van der Waals surface area contributed by atoms with Gasteiger partial charge in [-0.05, 0) is 25.1 Å². The van der Waals surface area contributed by atoms with Crippen LogP contribution in [0.15, 0.2) is 29.2 Å². The number of amides is 1. The predicted octanol–water partition coefficient (Wildman–Crippen LogP) is 2.47. The molecular weight excluding hydrogens is 361 g/mol. The van der Waals surface area contributed by atoms with Crippen molar-refractivity contribution in [1.82, 2.24) is 19.0 Å². The molecule has 9 heteroatoms. The van der Waals surface area contributed by atoms with E-state index >= 15 is 0 Å². The Balaban J connectivity index is 2.24. The van der Waals surface area contributed by atoms with E-state index in [1.165, 1.54) is 44.2 Å². The minimum atomic E-state index is -1.12. The first-order valence-corrected chi connectivity index (χ1v) is 8.06. The quantitative estimate of drug-likeness (QED) is 0.701. The molecule has 142 valence electrons. The largest absolute Gasteiger partial charge is 0.347 e. The molecule has 0 bridgehead atoms. The van der Waals surface area contributed by atoms with Crippen molar-refractivity contribution in [3.8, 4) is 11.1 Å². The summed E-state index contributed by atoms with van der Waals surface area (Å²) in [6, 6.07) is 3.84. The minimum Gasteiger partial charge on any atom is -0.347 e. The maximum Gasteiger partial charge on any atom is 0.332 e. The third kappa shape index (κ3) is 3.09. The van der Waals surface area contributed by atoms with Crippen molar-refractivity contribution in [2.45, 2.75) is 20.3 Å². The number of likely N-dealkylation sites (N-methyl/N-ethyl adjacent to an activating group) is 1. The molecule has 0 saturated carbocycles. The van der Waals surface area contributed by atoms with Crippen LogP contribution >= 0.6 is 0 Å². The minimum absolute atomic E-state index is 0.0389. The fourth-order valence-corrected chi connectivity index (χ4v) is 2.76. The zero-order chi connectivity index (χ0) is 19.9. The summed E-state index contributed by atoms with van der Waals surface area (Å²) in [5.41, 5.74) is -0.277. The van der Waals surface area contributed by atoms with Crippen molar-refractivity contribution in [3.63, 3.8) is 0 Å². The van der Waals surface area contributed by atoms with Gasteiger partial charge in [-0.25, -0.2) is 27.5 Å². The van der Waals surface area contributed by atoms with Crippen molar-refractivity contribution >= 4 is 17.1 Å². The molecule has 0 unspecified atom stereocenters. The summed E-state index contributed by atoms with van der Waals surface area (Å²) < 4.78 is 43.2. The fourth-order valence-electron chi connectivity index (χ4n) is 2.76. The second kappa shape index (κ2) is 6.90. The van der Waals surface area contributed by atoms with Gasteiger partial charge in [-0.3, -0.25) is 9.36 Å². The van der Waals surface area contributed by atoms with Gasteiger partial charge in [0.05, 0.1) is 5.52 Å². The number of imidazole rings is 1. The van der Waals surface area contributed by atoms with Crippen LogP contribution in [0.1, 0.15) is 5.56 Å². The molecule has 0 spiro atoms. The van der Waals surface area contributed by atoms with E-state index < -0.39 is 24.1 Å². The second-order valence-corrected chi connectivity index (χ2v) is 6.31. The van der Waals surface area contributed by atoms with Crippen LogP contribution in [0.4, 0.5) is 13.2 Å². The van der Waals surface area contributed by atoms with Crippen molar-refractivity contribution in [2.75, 3.05) is 14.1 Å². The molecule has 1 aromatic carbocycles. The van der Waals surface area contributed by atoms with Gasteiger partial charge in [0, 0.05) is 37.0 Å². The Morgan fingerprint density at radius 3 is 2.56 bits per heavy atom. The SMILES string of the molecule is Cc1c(F)ccc(-c2cnc3c(c2)n(CC(=O)N(C)C)c(=O)n3CF)c1F. The molecular formula is C18H17F3N4O2. The number of halogens is 3. The third-order valence-corrected chi connectivity index (χ3v) is 4.40. The lowest BCUT2D eigenvalue weighted by Crippen LogP contribution is -2.32. The van der Waals surface area contributed by atoms with Gasteiger partial charge in [0.2, 0.25) is 5.91 Å². The van der Waals surface area contributed by atoms with Crippen LogP contribution in [-0.4, -0.2) is 39.0 Å². The molecule has 0 atom stereocenters. The van der Waals surface area contributed by atoms with E-state index in [1.54, 1.807) is 0 Å². The van der Waals surface area contributed by atoms with Gasteiger partial charge in [0.25, 0.3) is 0 Å². The average molecular weight is 378 g/mol. The number of hydrogen-bond donors (Lipinski definition) is 0. The Morgan fingerprint density at radius 1 is 1.22 bits per heavy atom. The number of benzene rings is 1. The van der Waals surface area contributed by atoms with Crippen LogP contribution in [0.25, 0.3) is 22.3 Å². The molecule has 3 rings (SSSR count). The van der Waals surface area contributed by atoms with Crippen molar-refractivity contribution in [3.05, 3.63) is 52.1 Å². The highest BCUT2D eigenvalue weighted by Crippen LogP contribution is 2.28. The number of carbonyl (C=O) groups is 1. The molecule has 2 aromatic heterocycles. The van der Waals surface area contributed by atoms with Crippen LogP contribution < -0.4 is 5.69 Å². The Hall–Kier alpha value is -3.10. The highest BCUT2D eigenvalue weighted by Gasteiger charge is 2.19. The molecule has 0 aliphatic heterocycles. The maximum atomic E-state index is 14.5. The number of nitrogens with zero attached hydrogens (tertiary/aromatic N) is 4. The second-order valence-electron chi connectivity index (χ2n) is 6.31.